The van der Waals surface area contributed by atoms with Crippen LogP contribution < -0.4 is 26.2 Å². The average Bonchev–Trinajstić information content (AvgIpc) is 4.11. The van der Waals surface area contributed by atoms with Gasteiger partial charge in [-0.15, -0.1) is 32.9 Å². The number of amides is 2. The molecule has 5 N–H and O–H groups in total. The maximum absolute atomic E-state index is 13.7. The number of nitrogens with one attached hydrogen (secondary N) is 4. The number of nitrogens with zero attached hydrogens (tertiary/aromatic N) is 5. The zero-order valence-electron chi connectivity index (χ0n) is 35.5. The van der Waals surface area contributed by atoms with Crippen LogP contribution in [0.4, 0.5) is 28.4 Å². The van der Waals surface area contributed by atoms with E-state index in [4.69, 9.17) is 9.47 Å². The maximum atomic E-state index is 13.7. The summed E-state index contributed by atoms with van der Waals surface area (Å²) in [5.41, 5.74) is 2.96. The molecule has 0 radical (unpaired) electrons. The molecule has 67 heavy (non-hydrogen) atoms. The topological polar surface area (TPSA) is 197 Å². The first-order valence-corrected chi connectivity index (χ1v) is 22.5. The number of hydrogen-bond donors (Lipinski definition) is 5. The summed E-state index contributed by atoms with van der Waals surface area (Å²) in [6.07, 6.45) is -2.68. The van der Waals surface area contributed by atoms with E-state index in [1.165, 1.54) is 33.4 Å². The van der Waals surface area contributed by atoms with Crippen molar-refractivity contribution in [2.45, 2.75) is 32.2 Å². The number of carbonyl (C=O) groups is 2. The molecule has 0 aliphatic carbocycles. The van der Waals surface area contributed by atoms with E-state index in [9.17, 15) is 37.1 Å². The van der Waals surface area contributed by atoms with Gasteiger partial charge in [0.1, 0.15) is 18.2 Å². The lowest BCUT2D eigenvalue weighted by Crippen LogP contribution is -2.30. The van der Waals surface area contributed by atoms with Gasteiger partial charge in [0, 0.05) is 71.8 Å². The van der Waals surface area contributed by atoms with Crippen molar-refractivity contribution in [1.82, 2.24) is 35.7 Å². The van der Waals surface area contributed by atoms with Gasteiger partial charge in [0.25, 0.3) is 5.91 Å². The number of alkyl halides is 3. The summed E-state index contributed by atoms with van der Waals surface area (Å²) in [6, 6.07) is 24.1. The number of aliphatic hydroxyl groups is 1. The predicted octanol–water partition coefficient (Wildman–Crippen LogP) is 8.14. The van der Waals surface area contributed by atoms with Gasteiger partial charge in [-0.2, -0.15) is 17.9 Å². The number of aromatic nitrogens is 4. The number of H-pyrrole nitrogens is 1. The molecule has 21 heteroatoms. The van der Waals surface area contributed by atoms with Gasteiger partial charge in [0.05, 0.1) is 36.8 Å². The molecule has 0 saturated carbocycles. The fourth-order valence-corrected chi connectivity index (χ4v) is 7.82. The molecule has 0 bridgehead atoms. The summed E-state index contributed by atoms with van der Waals surface area (Å²) < 4.78 is 66.0. The third kappa shape index (κ3) is 13.1. The molecule has 2 amide bonds. The zero-order chi connectivity index (χ0) is 47.2. The number of halogens is 4. The second-order valence-electron chi connectivity index (χ2n) is 14.6. The maximum Gasteiger partial charge on any atom is 0.419 e. The third-order valence-electron chi connectivity index (χ3n) is 9.91. The SMILES string of the molecule is O=C(CCc1ccc(OCc2ccc(F)c(C(F)(F)F)c2)c(CNCCO)c1)NCCOCCNC(=O)c1ccc(-c2csc(-n3[nH]c(-c4ccccc4)c(N=Nc4nccs4)c3=O)n2)cc1. The van der Waals surface area contributed by atoms with Crippen LogP contribution in [0.1, 0.15) is 39.0 Å². The first kappa shape index (κ1) is 48.0. The van der Waals surface area contributed by atoms with E-state index >= 15 is 0 Å². The highest BCUT2D eigenvalue weighted by Gasteiger charge is 2.34. The van der Waals surface area contributed by atoms with Crippen LogP contribution in [0.5, 0.6) is 5.75 Å². The Kier molecular flexibility index (Phi) is 16.5. The summed E-state index contributed by atoms with van der Waals surface area (Å²) in [7, 11) is 0. The molecular weight excluding hydrogens is 915 g/mol. The summed E-state index contributed by atoms with van der Waals surface area (Å²) in [6.45, 7) is 1.16. The van der Waals surface area contributed by atoms with Gasteiger partial charge < -0.3 is 30.5 Å². The van der Waals surface area contributed by atoms with Crippen molar-refractivity contribution in [3.63, 3.8) is 0 Å². The van der Waals surface area contributed by atoms with Crippen LogP contribution in [0.25, 0.3) is 27.6 Å². The number of benzene rings is 4. The summed E-state index contributed by atoms with van der Waals surface area (Å²) in [4.78, 5) is 47.8. The molecule has 3 aromatic heterocycles. The number of aryl methyl sites for hydroxylation is 1. The van der Waals surface area contributed by atoms with Crippen LogP contribution in [0, 0.1) is 5.82 Å². The lowest BCUT2D eigenvalue weighted by molar-refractivity contribution is -0.140. The zero-order valence-corrected chi connectivity index (χ0v) is 37.1. The Balaban J connectivity index is 0.831. The van der Waals surface area contributed by atoms with E-state index in [0.717, 1.165) is 22.8 Å². The van der Waals surface area contributed by atoms with Gasteiger partial charge in [-0.05, 0) is 47.9 Å². The van der Waals surface area contributed by atoms with Crippen molar-refractivity contribution in [2.24, 2.45) is 10.2 Å². The number of aliphatic hydroxyl groups excluding tert-OH is 1. The average molecular weight is 958 g/mol. The second kappa shape index (κ2) is 23.0. The standard InChI is InChI=1S/C46H43F4N9O6S2/c47-36-13-6-30(25-35(36)46(48,49)50)27-65-38-14-7-29(24-34(38)26-51-16-20-60)8-15-39(61)52-17-21-64-22-18-53-42(62)33-11-9-31(10-12-33)37-28-67-45(55-37)59-43(63)41(56-57-44-54-19-23-66-44)40(58-59)32-4-2-1-3-5-32/h1-7,9-14,19,23-25,28,51,58,60H,8,15-18,20-22,26-27H2,(H,52,61)(H,53,62). The molecule has 4 aromatic carbocycles. The van der Waals surface area contributed by atoms with E-state index in [1.54, 1.807) is 48.0 Å². The Hall–Kier alpha value is -6.91. The first-order valence-electron chi connectivity index (χ1n) is 20.8. The van der Waals surface area contributed by atoms with E-state index < -0.39 is 23.1 Å². The summed E-state index contributed by atoms with van der Waals surface area (Å²) >= 11 is 2.56. The van der Waals surface area contributed by atoms with Crippen LogP contribution >= 0.6 is 22.7 Å². The molecule has 7 aromatic rings. The number of hydrogen-bond acceptors (Lipinski definition) is 13. The van der Waals surface area contributed by atoms with Crippen LogP contribution in [-0.2, 0) is 35.3 Å². The minimum atomic E-state index is -4.84. The van der Waals surface area contributed by atoms with Gasteiger partial charge in [-0.1, -0.05) is 60.7 Å². The molecule has 7 rings (SSSR count). The highest BCUT2D eigenvalue weighted by Crippen LogP contribution is 2.33. The normalized spacial score (nSPS) is 11.6. The number of carbonyl (C=O) groups excluding carboxylic acids is 2. The van der Waals surface area contributed by atoms with E-state index in [1.807, 2.05) is 41.8 Å². The summed E-state index contributed by atoms with van der Waals surface area (Å²) in [5.74, 6) is -1.48. The summed E-state index contributed by atoms with van der Waals surface area (Å²) in [5, 5.41) is 33.8. The van der Waals surface area contributed by atoms with E-state index in [-0.39, 0.29) is 75.5 Å². The molecule has 0 aliphatic heterocycles. The molecule has 0 spiro atoms. The smallest absolute Gasteiger partial charge is 0.419 e. The fraction of sp³-hybridized carbons (Fsp3) is 0.239. The molecule has 3 heterocycles. The fourth-order valence-electron chi connectivity index (χ4n) is 6.57. The van der Waals surface area contributed by atoms with Gasteiger partial charge in [0.15, 0.2) is 5.69 Å². The lowest BCUT2D eigenvalue weighted by atomic mass is 10.0. The number of rotatable bonds is 22. The third-order valence-corrected chi connectivity index (χ3v) is 11.4. The van der Waals surface area contributed by atoms with Crippen molar-refractivity contribution in [3.05, 3.63) is 152 Å². The van der Waals surface area contributed by atoms with E-state index in [0.29, 0.717) is 57.6 Å². The quantitative estimate of drug-likeness (QED) is 0.0253. The van der Waals surface area contributed by atoms with Crippen LogP contribution in [0.2, 0.25) is 0 Å². The minimum Gasteiger partial charge on any atom is -0.489 e. The van der Waals surface area contributed by atoms with Crippen molar-refractivity contribution < 1.29 is 41.7 Å². The van der Waals surface area contributed by atoms with Gasteiger partial charge in [0.2, 0.25) is 16.2 Å². The Morgan fingerprint density at radius 1 is 0.881 bits per heavy atom. The van der Waals surface area contributed by atoms with Crippen molar-refractivity contribution in [1.29, 1.82) is 0 Å². The highest BCUT2D eigenvalue weighted by atomic mass is 32.1. The molecular formula is C46H43F4N9O6S2. The van der Waals surface area contributed by atoms with Crippen molar-refractivity contribution >= 4 is 45.3 Å². The number of thiazole rings is 2. The Labute approximate surface area is 388 Å². The Morgan fingerprint density at radius 2 is 1.66 bits per heavy atom. The van der Waals surface area contributed by atoms with Crippen LogP contribution in [0.3, 0.4) is 0 Å². The molecule has 0 saturated heterocycles. The van der Waals surface area contributed by atoms with Crippen molar-refractivity contribution in [3.8, 4) is 33.4 Å². The molecule has 348 valence electrons. The first-order chi connectivity index (χ1) is 32.5. The largest absolute Gasteiger partial charge is 0.489 e. The Morgan fingerprint density at radius 3 is 2.40 bits per heavy atom. The number of ether oxygens (including phenoxy) is 2. The van der Waals surface area contributed by atoms with Crippen molar-refractivity contribution in [2.75, 3.05) is 39.5 Å². The molecule has 0 fully saturated rings. The molecule has 0 atom stereocenters. The molecule has 15 nitrogen and oxygen atoms in total. The number of aromatic amines is 1. The monoisotopic (exact) mass is 957 g/mol. The second-order valence-corrected chi connectivity index (χ2v) is 16.3. The van der Waals surface area contributed by atoms with Crippen LogP contribution in [-0.4, -0.2) is 76.1 Å². The van der Waals surface area contributed by atoms with Gasteiger partial charge >= 0.3 is 11.7 Å². The molecule has 0 unspecified atom stereocenters. The minimum absolute atomic E-state index is 0.108. The van der Waals surface area contributed by atoms with E-state index in [2.05, 4.69) is 41.2 Å². The molecule has 0 aliphatic rings. The van der Waals surface area contributed by atoms with Gasteiger partial charge in [-0.25, -0.2) is 14.4 Å². The van der Waals surface area contributed by atoms with Crippen LogP contribution in [0.15, 0.2) is 123 Å². The lowest BCUT2D eigenvalue weighted by Gasteiger charge is -2.15. The Bertz CT molecular complexity index is 2830. The highest BCUT2D eigenvalue weighted by molar-refractivity contribution is 7.13. The van der Waals surface area contributed by atoms with Gasteiger partial charge in [-0.3, -0.25) is 19.5 Å². The predicted molar refractivity (Wildman–Crippen MR) is 245 cm³/mol. The number of azo groups is 1.